The van der Waals surface area contributed by atoms with Crippen LogP contribution >= 0.6 is 0 Å². The van der Waals surface area contributed by atoms with Crippen molar-refractivity contribution < 1.29 is 0 Å². The first-order chi connectivity index (χ1) is 9.65. The van der Waals surface area contributed by atoms with Gasteiger partial charge in [-0.15, -0.1) is 0 Å². The Labute approximate surface area is 121 Å². The summed E-state index contributed by atoms with van der Waals surface area (Å²) < 4.78 is 1.99. The second-order valence-electron chi connectivity index (χ2n) is 5.24. The molecular formula is C16H24N4. The van der Waals surface area contributed by atoms with E-state index in [1.54, 1.807) is 0 Å². The second-order valence-corrected chi connectivity index (χ2v) is 5.24. The van der Waals surface area contributed by atoms with Crippen LogP contribution in [-0.4, -0.2) is 23.4 Å². The standard InChI is InChI=1S/C16H24N4/c1-4-8-20-12-14(11-18-20)16(10-17)19(3)15-7-5-6-13(2)9-15/h5-7,9,11-12,16H,4,8,10,17H2,1-3H3. The van der Waals surface area contributed by atoms with Gasteiger partial charge in [0.15, 0.2) is 0 Å². The Morgan fingerprint density at radius 1 is 1.40 bits per heavy atom. The monoisotopic (exact) mass is 272 g/mol. The molecule has 1 atom stereocenters. The van der Waals surface area contributed by atoms with Crippen LogP contribution in [0.3, 0.4) is 0 Å². The summed E-state index contributed by atoms with van der Waals surface area (Å²) in [5.41, 5.74) is 9.60. The van der Waals surface area contributed by atoms with Gasteiger partial charge >= 0.3 is 0 Å². The molecule has 0 aliphatic rings. The van der Waals surface area contributed by atoms with Gasteiger partial charge in [0.1, 0.15) is 0 Å². The number of aryl methyl sites for hydroxylation is 2. The number of aromatic nitrogens is 2. The average molecular weight is 272 g/mol. The molecule has 1 aromatic carbocycles. The Hall–Kier alpha value is -1.81. The number of nitrogens with two attached hydrogens (primary N) is 1. The fraction of sp³-hybridized carbons (Fsp3) is 0.438. The van der Waals surface area contributed by atoms with Gasteiger partial charge in [0.2, 0.25) is 0 Å². The molecule has 0 spiro atoms. The molecule has 1 heterocycles. The van der Waals surface area contributed by atoms with Gasteiger partial charge in [-0.25, -0.2) is 0 Å². The van der Waals surface area contributed by atoms with Crippen molar-refractivity contribution in [3.8, 4) is 0 Å². The lowest BCUT2D eigenvalue weighted by Gasteiger charge is -2.28. The molecule has 2 rings (SSSR count). The van der Waals surface area contributed by atoms with Crippen LogP contribution in [0.5, 0.6) is 0 Å². The number of hydrogen-bond donors (Lipinski definition) is 1. The summed E-state index contributed by atoms with van der Waals surface area (Å²) in [4.78, 5) is 2.22. The first kappa shape index (κ1) is 14.6. The smallest absolute Gasteiger partial charge is 0.0692 e. The van der Waals surface area contributed by atoms with Gasteiger partial charge in [-0.05, 0) is 31.0 Å². The number of benzene rings is 1. The Balaban J connectivity index is 2.22. The Kier molecular flexibility index (Phi) is 4.79. The van der Waals surface area contributed by atoms with Gasteiger partial charge < -0.3 is 10.6 Å². The van der Waals surface area contributed by atoms with Crippen LogP contribution < -0.4 is 10.6 Å². The third-order valence-corrected chi connectivity index (χ3v) is 3.59. The highest BCUT2D eigenvalue weighted by Crippen LogP contribution is 2.25. The van der Waals surface area contributed by atoms with E-state index in [0.717, 1.165) is 13.0 Å². The van der Waals surface area contributed by atoms with E-state index in [0.29, 0.717) is 6.54 Å². The highest BCUT2D eigenvalue weighted by Gasteiger charge is 2.17. The summed E-state index contributed by atoms with van der Waals surface area (Å²) in [5.74, 6) is 0. The molecule has 0 aliphatic heterocycles. The van der Waals surface area contributed by atoms with E-state index in [2.05, 4.69) is 61.4 Å². The molecule has 0 radical (unpaired) electrons. The van der Waals surface area contributed by atoms with Gasteiger partial charge in [-0.2, -0.15) is 5.10 Å². The Bertz CT molecular complexity index is 547. The van der Waals surface area contributed by atoms with Crippen LogP contribution in [0, 0.1) is 6.92 Å². The van der Waals surface area contributed by atoms with E-state index in [1.165, 1.54) is 16.8 Å². The summed E-state index contributed by atoms with van der Waals surface area (Å²) in [6.07, 6.45) is 5.12. The van der Waals surface area contributed by atoms with Gasteiger partial charge in [-0.3, -0.25) is 4.68 Å². The summed E-state index contributed by atoms with van der Waals surface area (Å²) in [6, 6.07) is 8.64. The molecule has 4 heteroatoms. The first-order valence-corrected chi connectivity index (χ1v) is 7.17. The van der Waals surface area contributed by atoms with Crippen LogP contribution in [0.4, 0.5) is 5.69 Å². The average Bonchev–Trinajstić information content (AvgIpc) is 2.88. The number of nitrogens with zero attached hydrogens (tertiary/aromatic N) is 3. The third-order valence-electron chi connectivity index (χ3n) is 3.59. The molecule has 0 amide bonds. The molecule has 0 bridgehead atoms. The van der Waals surface area contributed by atoms with Crippen molar-refractivity contribution in [1.82, 2.24) is 9.78 Å². The minimum absolute atomic E-state index is 0.155. The molecule has 1 aromatic heterocycles. The minimum Gasteiger partial charge on any atom is -0.366 e. The summed E-state index contributed by atoms with van der Waals surface area (Å²) in [6.45, 7) is 5.78. The van der Waals surface area contributed by atoms with Gasteiger partial charge in [0, 0.05) is 37.6 Å². The predicted molar refractivity (Wildman–Crippen MR) is 83.9 cm³/mol. The van der Waals surface area contributed by atoms with Crippen molar-refractivity contribution in [1.29, 1.82) is 0 Å². The van der Waals surface area contributed by atoms with Crippen molar-refractivity contribution >= 4 is 5.69 Å². The maximum absolute atomic E-state index is 5.99. The normalized spacial score (nSPS) is 12.4. The molecule has 2 aromatic rings. The zero-order valence-electron chi connectivity index (χ0n) is 12.6. The SMILES string of the molecule is CCCn1cc(C(CN)N(C)c2cccc(C)c2)cn1. The van der Waals surface area contributed by atoms with E-state index in [9.17, 15) is 0 Å². The molecule has 1 unspecified atom stereocenters. The van der Waals surface area contributed by atoms with Crippen LogP contribution in [0.1, 0.15) is 30.5 Å². The molecule has 20 heavy (non-hydrogen) atoms. The molecule has 108 valence electrons. The molecular weight excluding hydrogens is 248 g/mol. The van der Waals surface area contributed by atoms with Crippen LogP contribution in [0.25, 0.3) is 0 Å². The topological polar surface area (TPSA) is 47.1 Å². The van der Waals surface area contributed by atoms with Crippen molar-refractivity contribution in [2.24, 2.45) is 5.73 Å². The maximum Gasteiger partial charge on any atom is 0.0692 e. The number of rotatable bonds is 6. The van der Waals surface area contributed by atoms with Gasteiger partial charge in [0.05, 0.1) is 12.2 Å². The fourth-order valence-corrected chi connectivity index (χ4v) is 2.45. The lowest BCUT2D eigenvalue weighted by atomic mass is 10.1. The van der Waals surface area contributed by atoms with Crippen molar-refractivity contribution in [3.05, 3.63) is 47.8 Å². The molecule has 2 N–H and O–H groups in total. The molecule has 0 fully saturated rings. The van der Waals surface area contributed by atoms with Crippen LogP contribution in [0.2, 0.25) is 0 Å². The Morgan fingerprint density at radius 2 is 2.20 bits per heavy atom. The third kappa shape index (κ3) is 3.20. The van der Waals surface area contributed by atoms with Crippen molar-refractivity contribution in [2.75, 3.05) is 18.5 Å². The number of hydrogen-bond acceptors (Lipinski definition) is 3. The molecule has 0 saturated carbocycles. The number of likely N-dealkylation sites (N-methyl/N-ethyl adjacent to an activating group) is 1. The zero-order valence-corrected chi connectivity index (χ0v) is 12.6. The quantitative estimate of drug-likeness (QED) is 0.879. The molecule has 0 aliphatic carbocycles. The van der Waals surface area contributed by atoms with Crippen molar-refractivity contribution in [3.63, 3.8) is 0 Å². The van der Waals surface area contributed by atoms with E-state index >= 15 is 0 Å². The maximum atomic E-state index is 5.99. The lowest BCUT2D eigenvalue weighted by Crippen LogP contribution is -2.30. The molecule has 0 saturated heterocycles. The largest absolute Gasteiger partial charge is 0.366 e. The van der Waals surface area contributed by atoms with E-state index in [1.807, 2.05) is 10.9 Å². The zero-order chi connectivity index (χ0) is 14.5. The molecule has 4 nitrogen and oxygen atoms in total. The number of anilines is 1. The second kappa shape index (κ2) is 6.57. The summed E-state index contributed by atoms with van der Waals surface area (Å²) in [7, 11) is 2.09. The van der Waals surface area contributed by atoms with E-state index in [-0.39, 0.29) is 6.04 Å². The van der Waals surface area contributed by atoms with Crippen LogP contribution in [0.15, 0.2) is 36.7 Å². The van der Waals surface area contributed by atoms with E-state index < -0.39 is 0 Å². The first-order valence-electron chi connectivity index (χ1n) is 7.17. The summed E-state index contributed by atoms with van der Waals surface area (Å²) in [5, 5.41) is 4.40. The minimum atomic E-state index is 0.155. The predicted octanol–water partition coefficient (Wildman–Crippen LogP) is 2.74. The van der Waals surface area contributed by atoms with Gasteiger partial charge in [0.25, 0.3) is 0 Å². The highest BCUT2D eigenvalue weighted by molar-refractivity contribution is 5.49. The lowest BCUT2D eigenvalue weighted by molar-refractivity contribution is 0.600. The van der Waals surface area contributed by atoms with Gasteiger partial charge in [-0.1, -0.05) is 19.1 Å². The highest BCUT2D eigenvalue weighted by atomic mass is 15.3. The fourth-order valence-electron chi connectivity index (χ4n) is 2.45. The van der Waals surface area contributed by atoms with Crippen molar-refractivity contribution in [2.45, 2.75) is 32.9 Å². The van der Waals surface area contributed by atoms with Crippen LogP contribution in [-0.2, 0) is 6.54 Å². The summed E-state index contributed by atoms with van der Waals surface area (Å²) >= 11 is 0. The van der Waals surface area contributed by atoms with E-state index in [4.69, 9.17) is 5.73 Å². The Morgan fingerprint density at radius 3 is 2.85 bits per heavy atom.